The minimum absolute atomic E-state index is 0.0418. The van der Waals surface area contributed by atoms with Crippen molar-refractivity contribution < 1.29 is 32.4 Å². The number of benzene rings is 1. The first-order chi connectivity index (χ1) is 13.7. The zero-order valence-corrected chi connectivity index (χ0v) is 14.9. The molecule has 0 saturated carbocycles. The number of nitro groups is 1. The summed E-state index contributed by atoms with van der Waals surface area (Å²) in [5, 5.41) is 13.3. The molecule has 13 heteroatoms. The van der Waals surface area contributed by atoms with Crippen LogP contribution in [0, 0.1) is 10.1 Å². The number of carbonyl (C=O) groups excluding carboxylic acids is 1. The van der Waals surface area contributed by atoms with Crippen molar-refractivity contribution in [2.75, 3.05) is 31.6 Å². The highest BCUT2D eigenvalue weighted by Gasteiger charge is 2.31. The molecular weight excluding hydrogens is 399 g/mol. The number of amides is 1. The Hall–Kier alpha value is -3.35. The second kappa shape index (κ2) is 8.34. The second-order valence-corrected chi connectivity index (χ2v) is 6.08. The third kappa shape index (κ3) is 5.81. The van der Waals surface area contributed by atoms with E-state index in [1.165, 1.54) is 22.9 Å². The molecule has 1 aliphatic heterocycles. The first-order valence-electron chi connectivity index (χ1n) is 8.42. The normalized spacial score (nSPS) is 14.9. The monoisotopic (exact) mass is 415 g/mol. The summed E-state index contributed by atoms with van der Waals surface area (Å²) in [4.78, 5) is 28.0. The first-order valence-corrected chi connectivity index (χ1v) is 8.42. The number of nitrogens with zero attached hydrogens (tertiary/aromatic N) is 4. The van der Waals surface area contributed by atoms with Crippen LogP contribution >= 0.6 is 0 Å². The van der Waals surface area contributed by atoms with Gasteiger partial charge in [-0.15, -0.1) is 13.2 Å². The van der Waals surface area contributed by atoms with Crippen LogP contribution in [0.25, 0.3) is 0 Å². The number of aromatic nitrogens is 2. The van der Waals surface area contributed by atoms with Gasteiger partial charge >= 0.3 is 18.2 Å². The van der Waals surface area contributed by atoms with Crippen LogP contribution in [0.15, 0.2) is 30.5 Å². The number of hydrogen-bond acceptors (Lipinski definition) is 7. The lowest BCUT2D eigenvalue weighted by Crippen LogP contribution is -2.39. The number of nitrogens with one attached hydrogen (secondary N) is 1. The Morgan fingerprint density at radius 2 is 2.14 bits per heavy atom. The van der Waals surface area contributed by atoms with Gasteiger partial charge in [0.25, 0.3) is 0 Å². The molecule has 1 aliphatic rings. The fourth-order valence-corrected chi connectivity index (χ4v) is 2.71. The lowest BCUT2D eigenvalue weighted by atomic mass is 10.3. The Bertz CT molecular complexity index is 901. The van der Waals surface area contributed by atoms with E-state index in [1.54, 1.807) is 4.90 Å². The van der Waals surface area contributed by atoms with Gasteiger partial charge < -0.3 is 24.9 Å². The van der Waals surface area contributed by atoms with Gasteiger partial charge in [0.1, 0.15) is 18.6 Å². The topological polar surface area (TPSA) is 112 Å². The van der Waals surface area contributed by atoms with E-state index >= 15 is 0 Å². The molecule has 0 fully saturated rings. The summed E-state index contributed by atoms with van der Waals surface area (Å²) >= 11 is 0. The van der Waals surface area contributed by atoms with Gasteiger partial charge in [-0.2, -0.15) is 0 Å². The van der Waals surface area contributed by atoms with Gasteiger partial charge in [0.2, 0.25) is 5.91 Å². The van der Waals surface area contributed by atoms with Crippen molar-refractivity contribution in [2.45, 2.75) is 12.9 Å². The van der Waals surface area contributed by atoms with Crippen LogP contribution in [-0.4, -0.2) is 57.9 Å². The average molecular weight is 415 g/mol. The molecule has 0 unspecified atom stereocenters. The minimum Gasteiger partial charge on any atom is -0.444 e. The van der Waals surface area contributed by atoms with Crippen molar-refractivity contribution in [1.82, 2.24) is 14.5 Å². The van der Waals surface area contributed by atoms with E-state index in [1.807, 2.05) is 0 Å². The number of anilines is 1. The van der Waals surface area contributed by atoms with Gasteiger partial charge in [-0.1, -0.05) is 6.07 Å². The van der Waals surface area contributed by atoms with Gasteiger partial charge in [0.05, 0.1) is 6.54 Å². The molecule has 1 amide bonds. The van der Waals surface area contributed by atoms with Gasteiger partial charge in [-0.05, 0) is 17.1 Å². The first kappa shape index (κ1) is 20.4. The fraction of sp³-hybridized carbons (Fsp3) is 0.375. The van der Waals surface area contributed by atoms with E-state index in [-0.39, 0.29) is 30.7 Å². The molecule has 0 bridgehead atoms. The zero-order valence-electron chi connectivity index (χ0n) is 14.9. The van der Waals surface area contributed by atoms with Crippen molar-refractivity contribution in [3.05, 3.63) is 40.6 Å². The van der Waals surface area contributed by atoms with E-state index < -0.39 is 22.9 Å². The van der Waals surface area contributed by atoms with Crippen molar-refractivity contribution in [2.24, 2.45) is 0 Å². The lowest BCUT2D eigenvalue weighted by Gasteiger charge is -2.23. The van der Waals surface area contributed by atoms with Crippen LogP contribution in [0.3, 0.4) is 0 Å². The molecule has 0 radical (unpaired) electrons. The number of rotatable bonds is 5. The molecule has 1 aromatic carbocycles. The van der Waals surface area contributed by atoms with E-state index in [0.717, 1.165) is 12.1 Å². The number of imidazole rings is 1. The molecule has 0 atom stereocenters. The standard InChI is InChI=1S/C16H16F3N5O5/c17-16(18,19)29-12-3-1-2-11(8-12)20-14(25)10-22-4-5-23-9-13(24(26)27)21-15(23)28-7-6-22/h1-3,8-9H,4-7,10H2,(H,20,25). The lowest BCUT2D eigenvalue weighted by molar-refractivity contribution is -0.389. The zero-order chi connectivity index (χ0) is 21.0. The van der Waals surface area contributed by atoms with Crippen molar-refractivity contribution >= 4 is 17.4 Å². The Labute approximate surface area is 162 Å². The number of hydrogen-bond donors (Lipinski definition) is 1. The molecule has 0 spiro atoms. The van der Waals surface area contributed by atoms with Crippen LogP contribution < -0.4 is 14.8 Å². The Morgan fingerprint density at radius 3 is 2.86 bits per heavy atom. The number of fused-ring (bicyclic) bond motifs is 1. The van der Waals surface area contributed by atoms with Gasteiger partial charge in [-0.25, -0.2) is 0 Å². The van der Waals surface area contributed by atoms with E-state index in [9.17, 15) is 28.1 Å². The third-order valence-electron chi connectivity index (χ3n) is 3.93. The number of ether oxygens (including phenoxy) is 2. The fourth-order valence-electron chi connectivity index (χ4n) is 2.71. The molecule has 1 N–H and O–H groups in total. The Balaban J connectivity index is 1.57. The molecule has 0 saturated heterocycles. The van der Waals surface area contributed by atoms with Gasteiger partial charge in [0, 0.05) is 36.4 Å². The maximum absolute atomic E-state index is 12.3. The van der Waals surface area contributed by atoms with E-state index in [4.69, 9.17) is 4.74 Å². The minimum atomic E-state index is -4.82. The average Bonchev–Trinajstić information content (AvgIpc) is 2.99. The van der Waals surface area contributed by atoms with Crippen LogP contribution in [0.1, 0.15) is 0 Å². The molecule has 156 valence electrons. The van der Waals surface area contributed by atoms with Crippen LogP contribution in [-0.2, 0) is 11.3 Å². The van der Waals surface area contributed by atoms with Crippen molar-refractivity contribution in [3.8, 4) is 11.8 Å². The highest BCUT2D eigenvalue weighted by Crippen LogP contribution is 2.25. The number of alkyl halides is 3. The highest BCUT2D eigenvalue weighted by molar-refractivity contribution is 5.92. The molecule has 29 heavy (non-hydrogen) atoms. The molecule has 0 aliphatic carbocycles. The molecular formula is C16H16F3N5O5. The molecule has 3 rings (SSSR count). The summed E-state index contributed by atoms with van der Waals surface area (Å²) in [7, 11) is 0. The summed E-state index contributed by atoms with van der Waals surface area (Å²) in [6.45, 7) is 1.20. The summed E-state index contributed by atoms with van der Waals surface area (Å²) in [6.07, 6.45) is -3.57. The summed E-state index contributed by atoms with van der Waals surface area (Å²) in [5.74, 6) is -1.21. The largest absolute Gasteiger partial charge is 0.573 e. The van der Waals surface area contributed by atoms with Crippen LogP contribution in [0.5, 0.6) is 11.8 Å². The maximum Gasteiger partial charge on any atom is 0.573 e. The predicted molar refractivity (Wildman–Crippen MR) is 92.6 cm³/mol. The van der Waals surface area contributed by atoms with Crippen molar-refractivity contribution in [1.29, 1.82) is 0 Å². The van der Waals surface area contributed by atoms with Crippen LogP contribution in [0.4, 0.5) is 24.7 Å². The van der Waals surface area contributed by atoms with Gasteiger partial charge in [0.15, 0.2) is 0 Å². The van der Waals surface area contributed by atoms with Gasteiger partial charge in [-0.3, -0.25) is 14.3 Å². The van der Waals surface area contributed by atoms with Crippen molar-refractivity contribution in [3.63, 3.8) is 0 Å². The summed E-state index contributed by atoms with van der Waals surface area (Å²) < 4.78 is 47.6. The van der Waals surface area contributed by atoms with E-state index in [2.05, 4.69) is 15.0 Å². The Morgan fingerprint density at radius 1 is 1.34 bits per heavy atom. The predicted octanol–water partition coefficient (Wildman–Crippen LogP) is 2.02. The number of halogens is 3. The summed E-state index contributed by atoms with van der Waals surface area (Å²) in [6, 6.07) is 5.10. The molecule has 2 heterocycles. The Kier molecular flexibility index (Phi) is 5.87. The quantitative estimate of drug-likeness (QED) is 0.587. The molecule has 2 aromatic rings. The third-order valence-corrected chi connectivity index (χ3v) is 3.93. The second-order valence-electron chi connectivity index (χ2n) is 6.08. The number of carbonyl (C=O) groups is 1. The van der Waals surface area contributed by atoms with E-state index in [0.29, 0.717) is 19.6 Å². The highest BCUT2D eigenvalue weighted by atomic mass is 19.4. The maximum atomic E-state index is 12.3. The summed E-state index contributed by atoms with van der Waals surface area (Å²) in [5.41, 5.74) is 0.160. The SMILES string of the molecule is O=C(CN1CCOc2nc([N+](=O)[O-])cn2CC1)Nc1cccc(OC(F)(F)F)c1. The van der Waals surface area contributed by atoms with Crippen LogP contribution in [0.2, 0.25) is 0 Å². The molecule has 1 aromatic heterocycles. The smallest absolute Gasteiger partial charge is 0.444 e. The molecule has 10 nitrogen and oxygen atoms in total.